The van der Waals surface area contributed by atoms with Gasteiger partial charge in [-0.2, -0.15) is 0 Å². The molecular formula is C64H100NO8P. The minimum absolute atomic E-state index is 0.0316. The molecule has 2 atom stereocenters. The SMILES string of the molecule is CC/C=C\C/C=C\C/C=C\C/C=C\C/C=C\C/C=C\C/C=C\C/C=C\C/C=C\CCCCCCCCCC(=O)OC(COC(=O)C/C=C\C/C=C\C/C=C\C/C=C\C/C=C\CC)COP(=O)([O-])OCC[N+](C)(C)C. The van der Waals surface area contributed by atoms with Crippen molar-refractivity contribution in [1.29, 1.82) is 0 Å². The van der Waals surface area contributed by atoms with E-state index in [2.05, 4.69) is 166 Å². The van der Waals surface area contributed by atoms with Gasteiger partial charge in [-0.15, -0.1) is 0 Å². The third kappa shape index (κ3) is 56.7. The molecule has 0 aromatic carbocycles. The van der Waals surface area contributed by atoms with Gasteiger partial charge in [-0.05, 0) is 109 Å². The number of carbonyl (C=O) groups excluding carboxylic acids is 2. The number of ether oxygens (including phenoxy) is 2. The van der Waals surface area contributed by atoms with Crippen molar-refractivity contribution in [2.45, 2.75) is 174 Å². The Morgan fingerprint density at radius 1 is 0.432 bits per heavy atom. The second-order valence-electron chi connectivity index (χ2n) is 18.8. The zero-order valence-electron chi connectivity index (χ0n) is 46.7. The minimum Gasteiger partial charge on any atom is -0.756 e. The van der Waals surface area contributed by atoms with Gasteiger partial charge >= 0.3 is 11.9 Å². The van der Waals surface area contributed by atoms with Crippen molar-refractivity contribution in [3.05, 3.63) is 170 Å². The van der Waals surface area contributed by atoms with E-state index in [1.54, 1.807) is 6.08 Å². The molecule has 0 heterocycles. The summed E-state index contributed by atoms with van der Waals surface area (Å²) in [6, 6.07) is 0. The molecule has 0 aromatic rings. The number of carbonyl (C=O) groups is 2. The molecule has 0 aliphatic rings. The van der Waals surface area contributed by atoms with Crippen molar-refractivity contribution in [3.63, 3.8) is 0 Å². The molecule has 74 heavy (non-hydrogen) atoms. The van der Waals surface area contributed by atoms with Gasteiger partial charge in [-0.3, -0.25) is 14.2 Å². The van der Waals surface area contributed by atoms with E-state index in [1.807, 2.05) is 33.3 Å². The Balaban J connectivity index is 4.28. The van der Waals surface area contributed by atoms with Crippen molar-refractivity contribution in [2.24, 2.45) is 0 Å². The molecular weight excluding hydrogens is 942 g/mol. The van der Waals surface area contributed by atoms with E-state index in [0.29, 0.717) is 23.9 Å². The average molecular weight is 1040 g/mol. The number of phosphoric acid groups is 1. The number of hydrogen-bond donors (Lipinski definition) is 0. The first-order chi connectivity index (χ1) is 36.0. The molecule has 0 spiro atoms. The van der Waals surface area contributed by atoms with Gasteiger partial charge in [0.2, 0.25) is 0 Å². The molecule has 0 aliphatic heterocycles. The number of likely N-dealkylation sites (N-methyl/N-ethyl adjacent to an activating group) is 1. The van der Waals surface area contributed by atoms with Crippen LogP contribution in [0.5, 0.6) is 0 Å². The highest BCUT2D eigenvalue weighted by molar-refractivity contribution is 7.45. The van der Waals surface area contributed by atoms with Crippen molar-refractivity contribution >= 4 is 19.8 Å². The summed E-state index contributed by atoms with van der Waals surface area (Å²) >= 11 is 0. The predicted molar refractivity (Wildman–Crippen MR) is 313 cm³/mol. The molecule has 0 amide bonds. The molecule has 0 bridgehead atoms. The fourth-order valence-corrected chi connectivity index (χ4v) is 7.27. The lowest BCUT2D eigenvalue weighted by atomic mass is 10.1. The standard InChI is InChI=1S/C64H100NO8P/c1-6-8-10-12-14-16-18-20-22-23-24-25-26-27-28-29-30-31-32-33-34-35-36-37-38-39-40-41-43-45-47-49-51-53-55-57-64(67)73-62(61-72-74(68,69)71-59-58-65(3,4)5)60-70-63(66)56-54-52-50-48-46-44-42-21-19-17-15-13-11-9-7-2/h8-11,14-17,20-22,24-25,27-28,30-31,33-34,36-37,39-40,42,46,48,52,54,62H,6-7,12-13,18-19,23,26,29,32,35,38,41,43-45,47,49-51,53,55-61H2,1-5H3/b10-8-,11-9-,16-14-,17-15-,22-20-,25-24-,28-27-,31-30-,34-33-,37-36-,40-39-,42-21-,48-46-,54-52-. The summed E-state index contributed by atoms with van der Waals surface area (Å²) in [7, 11) is 1.08. The molecule has 0 aliphatic carbocycles. The van der Waals surface area contributed by atoms with Crippen molar-refractivity contribution < 1.29 is 42.1 Å². The summed E-state index contributed by atoms with van der Waals surface area (Å²) in [5.74, 6) is -1.01. The second-order valence-corrected chi connectivity index (χ2v) is 20.3. The van der Waals surface area contributed by atoms with Crippen molar-refractivity contribution in [3.8, 4) is 0 Å². The molecule has 0 saturated heterocycles. The van der Waals surface area contributed by atoms with Gasteiger partial charge in [0.15, 0.2) is 6.10 Å². The van der Waals surface area contributed by atoms with E-state index >= 15 is 0 Å². The van der Waals surface area contributed by atoms with Gasteiger partial charge in [-0.1, -0.05) is 216 Å². The number of unbranched alkanes of at least 4 members (excludes halogenated alkanes) is 7. The average Bonchev–Trinajstić information content (AvgIpc) is 3.36. The number of allylic oxidation sites excluding steroid dienone is 27. The van der Waals surface area contributed by atoms with Crippen LogP contribution >= 0.6 is 7.82 Å². The maximum Gasteiger partial charge on any atom is 0.309 e. The molecule has 10 heteroatoms. The highest BCUT2D eigenvalue weighted by atomic mass is 31.2. The third-order valence-electron chi connectivity index (χ3n) is 10.8. The van der Waals surface area contributed by atoms with Gasteiger partial charge in [0.05, 0.1) is 34.2 Å². The zero-order valence-corrected chi connectivity index (χ0v) is 47.6. The number of nitrogens with zero attached hydrogens (tertiary/aromatic N) is 1. The van der Waals surface area contributed by atoms with Gasteiger partial charge < -0.3 is 27.9 Å². The maximum atomic E-state index is 12.8. The van der Waals surface area contributed by atoms with Crippen LogP contribution in [-0.2, 0) is 32.7 Å². The molecule has 0 fully saturated rings. The van der Waals surface area contributed by atoms with E-state index in [4.69, 9.17) is 18.5 Å². The van der Waals surface area contributed by atoms with Crippen molar-refractivity contribution in [2.75, 3.05) is 47.5 Å². The number of hydrogen-bond acceptors (Lipinski definition) is 8. The topological polar surface area (TPSA) is 111 Å². The summed E-state index contributed by atoms with van der Waals surface area (Å²) in [6.07, 6.45) is 81.5. The maximum absolute atomic E-state index is 12.8. The van der Waals surface area contributed by atoms with E-state index in [0.717, 1.165) is 122 Å². The fraction of sp³-hybridized carbons (Fsp3) is 0.531. The van der Waals surface area contributed by atoms with E-state index < -0.39 is 32.5 Å². The lowest BCUT2D eigenvalue weighted by Crippen LogP contribution is -2.37. The molecule has 414 valence electrons. The molecule has 0 saturated carbocycles. The van der Waals surface area contributed by atoms with E-state index in [1.165, 1.54) is 6.42 Å². The van der Waals surface area contributed by atoms with Crippen LogP contribution in [-0.4, -0.2) is 70.0 Å². The van der Waals surface area contributed by atoms with Crippen LogP contribution in [0.15, 0.2) is 170 Å². The number of quaternary nitrogens is 1. The first-order valence-electron chi connectivity index (χ1n) is 27.8. The van der Waals surface area contributed by atoms with Crippen LogP contribution < -0.4 is 4.89 Å². The lowest BCUT2D eigenvalue weighted by molar-refractivity contribution is -0.870. The van der Waals surface area contributed by atoms with Crippen LogP contribution in [0, 0.1) is 0 Å². The van der Waals surface area contributed by atoms with Crippen LogP contribution in [0.4, 0.5) is 0 Å². The molecule has 9 nitrogen and oxygen atoms in total. The van der Waals surface area contributed by atoms with Gasteiger partial charge in [0.25, 0.3) is 7.82 Å². The fourth-order valence-electron chi connectivity index (χ4n) is 6.54. The highest BCUT2D eigenvalue weighted by Crippen LogP contribution is 2.38. The minimum atomic E-state index is -4.67. The summed E-state index contributed by atoms with van der Waals surface area (Å²) in [5, 5.41) is 0. The molecule has 2 unspecified atom stereocenters. The Bertz CT molecular complexity index is 1850. The Kier molecular flexibility index (Phi) is 49.9. The summed E-state index contributed by atoms with van der Waals surface area (Å²) in [5.41, 5.74) is 0. The van der Waals surface area contributed by atoms with Crippen LogP contribution in [0.3, 0.4) is 0 Å². The summed E-state index contributed by atoms with van der Waals surface area (Å²) < 4.78 is 33.9. The monoisotopic (exact) mass is 1040 g/mol. The molecule has 0 radical (unpaired) electrons. The summed E-state index contributed by atoms with van der Waals surface area (Å²) in [4.78, 5) is 37.7. The number of rotatable bonds is 48. The Labute approximate surface area is 451 Å². The predicted octanol–water partition coefficient (Wildman–Crippen LogP) is 16.8. The van der Waals surface area contributed by atoms with Crippen molar-refractivity contribution in [1.82, 2.24) is 0 Å². The van der Waals surface area contributed by atoms with Gasteiger partial charge in [-0.25, -0.2) is 0 Å². The Morgan fingerprint density at radius 3 is 1.15 bits per heavy atom. The van der Waals surface area contributed by atoms with E-state index in [9.17, 15) is 19.0 Å². The number of esters is 2. The Hall–Kier alpha value is -4.63. The molecule has 0 N–H and O–H groups in total. The first-order valence-corrected chi connectivity index (χ1v) is 29.3. The smallest absolute Gasteiger partial charge is 0.309 e. The second kappa shape index (κ2) is 53.2. The van der Waals surface area contributed by atoms with Crippen LogP contribution in [0.2, 0.25) is 0 Å². The van der Waals surface area contributed by atoms with Gasteiger partial charge in [0, 0.05) is 6.42 Å². The van der Waals surface area contributed by atoms with Gasteiger partial charge in [0.1, 0.15) is 19.8 Å². The van der Waals surface area contributed by atoms with Crippen LogP contribution in [0.25, 0.3) is 0 Å². The molecule has 0 rings (SSSR count). The van der Waals surface area contributed by atoms with E-state index in [-0.39, 0.29) is 26.1 Å². The third-order valence-corrected chi connectivity index (χ3v) is 11.7. The quantitative estimate of drug-likeness (QED) is 0.0195. The normalized spacial score (nSPS) is 14.6. The largest absolute Gasteiger partial charge is 0.756 e. The zero-order chi connectivity index (χ0) is 54.2. The first kappa shape index (κ1) is 69.4. The number of phosphoric ester groups is 1. The molecule has 0 aromatic heterocycles. The summed E-state index contributed by atoms with van der Waals surface area (Å²) in [6.45, 7) is 3.84. The lowest BCUT2D eigenvalue weighted by Gasteiger charge is -2.28. The van der Waals surface area contributed by atoms with Crippen LogP contribution in [0.1, 0.15) is 168 Å². The highest BCUT2D eigenvalue weighted by Gasteiger charge is 2.21. The Morgan fingerprint density at radius 2 is 0.770 bits per heavy atom.